The number of aromatic carboxylic acids is 1. The number of para-hydroxylation sites is 1. The van der Waals surface area contributed by atoms with Crippen LogP contribution in [0.5, 0.6) is 5.75 Å². The summed E-state index contributed by atoms with van der Waals surface area (Å²) in [7, 11) is -1.33. The van der Waals surface area contributed by atoms with Crippen molar-refractivity contribution in [2.45, 2.75) is 12.4 Å². The minimum absolute atomic E-state index is 0.0152. The number of nitrogens with zero attached hydrogens (tertiary/aromatic N) is 1. The highest BCUT2D eigenvalue weighted by atomic mass is 16.5. The zero-order valence-electron chi connectivity index (χ0n) is 12.0. The Morgan fingerprint density at radius 3 is 2.83 bits per heavy atom. The van der Waals surface area contributed by atoms with Crippen LogP contribution in [0.3, 0.4) is 0 Å². The summed E-state index contributed by atoms with van der Waals surface area (Å²) >= 11 is 0. The molecule has 1 amide bonds. The molecule has 1 atom stereocenters. The number of amides is 1. The van der Waals surface area contributed by atoms with Crippen LogP contribution >= 0.6 is 0 Å². The lowest BCUT2D eigenvalue weighted by molar-refractivity contribution is 0.0693. The summed E-state index contributed by atoms with van der Waals surface area (Å²) in [4.78, 5) is 27.2. The van der Waals surface area contributed by atoms with Gasteiger partial charge in [-0.25, -0.2) is 4.79 Å². The van der Waals surface area contributed by atoms with Gasteiger partial charge in [0.05, 0.1) is 17.1 Å². The maximum Gasteiger partial charge on any atom is 0.547 e. The van der Waals surface area contributed by atoms with Gasteiger partial charge < -0.3 is 20.1 Å². The Morgan fingerprint density at radius 1 is 1.30 bits per heavy atom. The zero-order chi connectivity index (χ0) is 16.4. The highest BCUT2D eigenvalue weighted by Gasteiger charge is 2.37. The lowest BCUT2D eigenvalue weighted by Gasteiger charge is -2.28. The van der Waals surface area contributed by atoms with Gasteiger partial charge >= 0.3 is 13.1 Å². The number of pyridine rings is 1. The van der Waals surface area contributed by atoms with Crippen molar-refractivity contribution >= 4 is 19.0 Å². The Labute approximate surface area is 132 Å². The van der Waals surface area contributed by atoms with Crippen molar-refractivity contribution in [1.29, 1.82) is 0 Å². The standard InChI is InChI=1S/C15H13BN2O5/c19-14(10-4-2-6-17-8-10)18-12-7-9-3-1-5-11(15(20)21)13(9)23-16(12)22/h1-6,8,12,22H,7H2,(H,18,19)(H,20,21)/t12-/m0/s1. The molecular formula is C15H13BN2O5. The Bertz CT molecular complexity index is 753. The van der Waals surface area contributed by atoms with Gasteiger partial charge in [0.25, 0.3) is 5.91 Å². The quantitative estimate of drug-likeness (QED) is 0.714. The molecule has 0 bridgehead atoms. The molecule has 1 aromatic carbocycles. The first-order chi connectivity index (χ1) is 11.1. The van der Waals surface area contributed by atoms with Crippen molar-refractivity contribution in [3.05, 3.63) is 59.4 Å². The number of carboxylic acids is 1. The Hall–Kier alpha value is -2.87. The number of carboxylic acid groups (broad SMARTS) is 1. The molecule has 8 heteroatoms. The highest BCUT2D eigenvalue weighted by molar-refractivity contribution is 6.47. The summed E-state index contributed by atoms with van der Waals surface area (Å²) in [6.45, 7) is 0. The third-order valence-electron chi connectivity index (χ3n) is 3.59. The van der Waals surface area contributed by atoms with E-state index in [1.54, 1.807) is 30.5 Å². The normalized spacial score (nSPS) is 16.2. The molecule has 2 heterocycles. The highest BCUT2D eigenvalue weighted by Crippen LogP contribution is 2.30. The molecule has 0 fully saturated rings. The van der Waals surface area contributed by atoms with Gasteiger partial charge in [-0.3, -0.25) is 9.78 Å². The van der Waals surface area contributed by atoms with E-state index in [-0.39, 0.29) is 23.6 Å². The van der Waals surface area contributed by atoms with Gasteiger partial charge in [-0.15, -0.1) is 0 Å². The average Bonchev–Trinajstić information content (AvgIpc) is 2.55. The first-order valence-corrected chi connectivity index (χ1v) is 6.97. The van der Waals surface area contributed by atoms with Crippen LogP contribution in [-0.4, -0.2) is 40.1 Å². The number of hydrogen-bond acceptors (Lipinski definition) is 5. The molecule has 0 spiro atoms. The van der Waals surface area contributed by atoms with E-state index < -0.39 is 19.0 Å². The molecule has 0 aliphatic carbocycles. The molecule has 1 aliphatic rings. The van der Waals surface area contributed by atoms with Gasteiger partial charge in [0.2, 0.25) is 0 Å². The van der Waals surface area contributed by atoms with E-state index in [2.05, 4.69) is 10.3 Å². The fourth-order valence-corrected chi connectivity index (χ4v) is 2.46. The summed E-state index contributed by atoms with van der Waals surface area (Å²) in [5, 5.41) is 21.9. The molecule has 0 unspecified atom stereocenters. The summed E-state index contributed by atoms with van der Waals surface area (Å²) in [5.74, 6) is -2.06. The summed E-state index contributed by atoms with van der Waals surface area (Å²) in [6, 6.07) is 7.95. The topological polar surface area (TPSA) is 109 Å². The molecule has 0 radical (unpaired) electrons. The molecule has 0 saturated carbocycles. The van der Waals surface area contributed by atoms with Crippen LogP contribution in [0, 0.1) is 0 Å². The second kappa shape index (κ2) is 6.09. The van der Waals surface area contributed by atoms with Crippen LogP contribution in [-0.2, 0) is 6.42 Å². The molecule has 3 rings (SSSR count). The number of nitrogens with one attached hydrogen (secondary N) is 1. The number of carbonyl (C=O) groups excluding carboxylic acids is 1. The van der Waals surface area contributed by atoms with E-state index in [0.29, 0.717) is 11.1 Å². The lowest BCUT2D eigenvalue weighted by atomic mass is 9.72. The molecule has 0 saturated heterocycles. The summed E-state index contributed by atoms with van der Waals surface area (Å²) in [6.07, 6.45) is 3.24. The van der Waals surface area contributed by atoms with Crippen molar-refractivity contribution in [1.82, 2.24) is 10.3 Å². The van der Waals surface area contributed by atoms with Crippen LogP contribution in [0.2, 0.25) is 0 Å². The van der Waals surface area contributed by atoms with Gasteiger partial charge in [-0.05, 0) is 30.2 Å². The van der Waals surface area contributed by atoms with Crippen LogP contribution in [0.25, 0.3) is 0 Å². The third-order valence-corrected chi connectivity index (χ3v) is 3.59. The maximum absolute atomic E-state index is 12.1. The smallest absolute Gasteiger partial charge is 0.534 e. The van der Waals surface area contributed by atoms with Crippen molar-refractivity contribution < 1.29 is 24.4 Å². The van der Waals surface area contributed by atoms with E-state index in [4.69, 9.17) is 9.76 Å². The van der Waals surface area contributed by atoms with Crippen molar-refractivity contribution in [2.24, 2.45) is 0 Å². The molecule has 2 aromatic rings. The SMILES string of the molecule is O=C(N[C@H]1Cc2cccc(C(=O)O)c2OB1O)c1cccnc1. The van der Waals surface area contributed by atoms with Crippen LogP contribution < -0.4 is 9.97 Å². The van der Waals surface area contributed by atoms with Crippen LogP contribution in [0.15, 0.2) is 42.7 Å². The minimum atomic E-state index is -1.33. The molecule has 1 aliphatic heterocycles. The van der Waals surface area contributed by atoms with E-state index in [9.17, 15) is 14.6 Å². The first-order valence-electron chi connectivity index (χ1n) is 6.97. The number of hydrogen-bond donors (Lipinski definition) is 3. The van der Waals surface area contributed by atoms with Gasteiger partial charge in [0, 0.05) is 12.4 Å². The Morgan fingerprint density at radius 2 is 2.13 bits per heavy atom. The number of rotatable bonds is 3. The summed E-state index contributed by atoms with van der Waals surface area (Å²) < 4.78 is 5.32. The van der Waals surface area contributed by atoms with E-state index >= 15 is 0 Å². The maximum atomic E-state index is 12.1. The molecular weight excluding hydrogens is 299 g/mol. The summed E-state index contributed by atoms with van der Waals surface area (Å²) in [5.41, 5.74) is 0.968. The predicted octanol–water partition coefficient (Wildman–Crippen LogP) is 0.533. The van der Waals surface area contributed by atoms with Gasteiger partial charge in [0.15, 0.2) is 0 Å². The van der Waals surface area contributed by atoms with Crippen molar-refractivity contribution in [3.8, 4) is 5.75 Å². The zero-order valence-corrected chi connectivity index (χ0v) is 12.0. The van der Waals surface area contributed by atoms with Crippen molar-refractivity contribution in [3.63, 3.8) is 0 Å². The Balaban J connectivity index is 1.81. The largest absolute Gasteiger partial charge is 0.547 e. The minimum Gasteiger partial charge on any atom is -0.534 e. The van der Waals surface area contributed by atoms with Gasteiger partial charge in [-0.2, -0.15) is 0 Å². The number of carbonyl (C=O) groups is 2. The Kier molecular flexibility index (Phi) is 3.99. The predicted molar refractivity (Wildman–Crippen MR) is 81.2 cm³/mol. The number of benzene rings is 1. The second-order valence-corrected chi connectivity index (χ2v) is 5.13. The second-order valence-electron chi connectivity index (χ2n) is 5.13. The van der Waals surface area contributed by atoms with Gasteiger partial charge in [-0.1, -0.05) is 12.1 Å². The molecule has 1 aromatic heterocycles. The van der Waals surface area contributed by atoms with E-state index in [0.717, 1.165) is 0 Å². The van der Waals surface area contributed by atoms with Crippen LogP contribution in [0.4, 0.5) is 0 Å². The fourth-order valence-electron chi connectivity index (χ4n) is 2.46. The molecule has 116 valence electrons. The van der Waals surface area contributed by atoms with E-state index in [1.807, 2.05) is 0 Å². The van der Waals surface area contributed by atoms with Gasteiger partial charge in [0.1, 0.15) is 5.75 Å². The average molecular weight is 312 g/mol. The first kappa shape index (κ1) is 15.0. The van der Waals surface area contributed by atoms with E-state index in [1.165, 1.54) is 12.3 Å². The monoisotopic (exact) mass is 312 g/mol. The third kappa shape index (κ3) is 3.02. The molecule has 3 N–H and O–H groups in total. The number of fused-ring (bicyclic) bond motifs is 1. The molecule has 7 nitrogen and oxygen atoms in total. The molecule has 23 heavy (non-hydrogen) atoms. The van der Waals surface area contributed by atoms with Crippen LogP contribution in [0.1, 0.15) is 26.3 Å². The van der Waals surface area contributed by atoms with Crippen molar-refractivity contribution in [2.75, 3.05) is 0 Å². The fraction of sp³-hybridized carbons (Fsp3) is 0.133. The number of aromatic nitrogens is 1. The lowest BCUT2D eigenvalue weighted by Crippen LogP contribution is -2.53.